The fourth-order valence-corrected chi connectivity index (χ4v) is 5.53. The molecule has 0 amide bonds. The molecule has 3 nitrogen and oxygen atoms in total. The molecule has 0 heterocycles. The summed E-state index contributed by atoms with van der Waals surface area (Å²) in [4.78, 5) is 0. The van der Waals surface area contributed by atoms with Gasteiger partial charge in [-0.15, -0.1) is 0 Å². The Kier molecular flexibility index (Phi) is 8.66. The molecule has 2 aliphatic rings. The number of rotatable bonds is 9. The molecule has 1 aromatic carbocycles. The monoisotopic (exact) mass is 387 g/mol. The SMILES string of the molecule is CCC(N)C1CCC(C2CCC(c3ccc(OCCCOC)cc3)CC2)CC1. The van der Waals surface area contributed by atoms with E-state index < -0.39 is 0 Å². The molecule has 0 radical (unpaired) electrons. The normalized spacial score (nSPS) is 29.4. The van der Waals surface area contributed by atoms with Crippen molar-refractivity contribution >= 4 is 0 Å². The van der Waals surface area contributed by atoms with Crippen molar-refractivity contribution in [3.8, 4) is 5.75 Å². The van der Waals surface area contributed by atoms with Crippen LogP contribution < -0.4 is 10.5 Å². The second-order valence-corrected chi connectivity index (χ2v) is 9.12. The van der Waals surface area contributed by atoms with E-state index in [4.69, 9.17) is 15.2 Å². The Bertz CT molecular complexity index is 542. The van der Waals surface area contributed by atoms with Gasteiger partial charge in [-0.3, -0.25) is 0 Å². The molecule has 2 fully saturated rings. The molecule has 3 heteroatoms. The third kappa shape index (κ3) is 5.97. The van der Waals surface area contributed by atoms with Crippen LogP contribution in [0.15, 0.2) is 24.3 Å². The highest BCUT2D eigenvalue weighted by atomic mass is 16.5. The summed E-state index contributed by atoms with van der Waals surface area (Å²) in [5, 5.41) is 0. The minimum Gasteiger partial charge on any atom is -0.494 e. The summed E-state index contributed by atoms with van der Waals surface area (Å²) in [6, 6.07) is 9.30. The van der Waals surface area contributed by atoms with Gasteiger partial charge < -0.3 is 15.2 Å². The summed E-state index contributed by atoms with van der Waals surface area (Å²) in [7, 11) is 1.73. The molecule has 0 aromatic heterocycles. The third-order valence-electron chi connectivity index (χ3n) is 7.44. The van der Waals surface area contributed by atoms with Crippen LogP contribution in [-0.4, -0.2) is 26.4 Å². The van der Waals surface area contributed by atoms with E-state index in [-0.39, 0.29) is 0 Å². The van der Waals surface area contributed by atoms with E-state index in [9.17, 15) is 0 Å². The zero-order chi connectivity index (χ0) is 19.8. The summed E-state index contributed by atoms with van der Waals surface area (Å²) in [5.74, 6) is 4.43. The standard InChI is InChI=1S/C25H41NO2/c1-3-25(26)23-11-9-21(10-12-23)19-5-7-20(8-6-19)22-13-15-24(16-14-22)28-18-4-17-27-2/h13-16,19-21,23,25H,3-12,17-18,26H2,1-2H3. The van der Waals surface area contributed by atoms with Gasteiger partial charge >= 0.3 is 0 Å². The first-order valence-electron chi connectivity index (χ1n) is 11.7. The molecule has 2 N–H and O–H groups in total. The summed E-state index contributed by atoms with van der Waals surface area (Å²) in [5.41, 5.74) is 7.79. The molecule has 2 aliphatic carbocycles. The van der Waals surface area contributed by atoms with Gasteiger partial charge in [-0.2, -0.15) is 0 Å². The number of hydrogen-bond acceptors (Lipinski definition) is 3. The molecule has 3 rings (SSSR count). The Morgan fingerprint density at radius 1 is 0.893 bits per heavy atom. The highest BCUT2D eigenvalue weighted by molar-refractivity contribution is 5.29. The van der Waals surface area contributed by atoms with Gasteiger partial charge in [0.2, 0.25) is 0 Å². The Balaban J connectivity index is 1.40. The van der Waals surface area contributed by atoms with E-state index >= 15 is 0 Å². The van der Waals surface area contributed by atoms with Crippen molar-refractivity contribution in [2.24, 2.45) is 23.5 Å². The molecule has 0 saturated heterocycles. The summed E-state index contributed by atoms with van der Waals surface area (Å²) in [6.45, 7) is 3.72. The van der Waals surface area contributed by atoms with Crippen molar-refractivity contribution in [3.63, 3.8) is 0 Å². The minimum absolute atomic E-state index is 0.434. The van der Waals surface area contributed by atoms with E-state index in [0.717, 1.165) is 55.5 Å². The van der Waals surface area contributed by atoms with Gasteiger partial charge in [0.25, 0.3) is 0 Å². The van der Waals surface area contributed by atoms with Crippen LogP contribution in [0.2, 0.25) is 0 Å². The Hall–Kier alpha value is -1.06. The summed E-state index contributed by atoms with van der Waals surface area (Å²) in [6.07, 6.45) is 13.2. The highest BCUT2D eigenvalue weighted by Gasteiger charge is 2.32. The number of nitrogens with two attached hydrogens (primary N) is 1. The average Bonchev–Trinajstić information content (AvgIpc) is 2.77. The number of hydrogen-bond donors (Lipinski definition) is 1. The Labute approximate surface area is 172 Å². The summed E-state index contributed by atoms with van der Waals surface area (Å²) >= 11 is 0. The first kappa shape index (κ1) is 21.6. The van der Waals surface area contributed by atoms with Crippen LogP contribution in [0.1, 0.15) is 82.6 Å². The lowest BCUT2D eigenvalue weighted by Gasteiger charge is -2.39. The first-order valence-corrected chi connectivity index (χ1v) is 11.7. The molecule has 2 saturated carbocycles. The van der Waals surface area contributed by atoms with Crippen LogP contribution in [0, 0.1) is 17.8 Å². The predicted molar refractivity (Wildman–Crippen MR) is 117 cm³/mol. The van der Waals surface area contributed by atoms with E-state index in [2.05, 4.69) is 31.2 Å². The maximum atomic E-state index is 6.29. The summed E-state index contributed by atoms with van der Waals surface area (Å²) < 4.78 is 10.9. The molecular formula is C25H41NO2. The molecule has 158 valence electrons. The molecule has 1 aromatic rings. The third-order valence-corrected chi connectivity index (χ3v) is 7.44. The molecule has 1 unspecified atom stereocenters. The van der Waals surface area contributed by atoms with Crippen molar-refractivity contribution in [1.29, 1.82) is 0 Å². The maximum Gasteiger partial charge on any atom is 0.119 e. The molecule has 0 aliphatic heterocycles. The molecule has 28 heavy (non-hydrogen) atoms. The van der Waals surface area contributed by atoms with Gasteiger partial charge in [0.05, 0.1) is 6.61 Å². The van der Waals surface area contributed by atoms with Crippen LogP contribution in [0.4, 0.5) is 0 Å². The van der Waals surface area contributed by atoms with Crippen molar-refractivity contribution < 1.29 is 9.47 Å². The van der Waals surface area contributed by atoms with Gasteiger partial charge in [-0.25, -0.2) is 0 Å². The topological polar surface area (TPSA) is 44.5 Å². The second kappa shape index (κ2) is 11.2. The fourth-order valence-electron chi connectivity index (χ4n) is 5.53. The van der Waals surface area contributed by atoms with Gasteiger partial charge in [0.15, 0.2) is 0 Å². The lowest BCUT2D eigenvalue weighted by molar-refractivity contribution is 0.149. The van der Waals surface area contributed by atoms with E-state index in [1.165, 1.54) is 56.9 Å². The quantitative estimate of drug-likeness (QED) is 0.535. The van der Waals surface area contributed by atoms with Crippen molar-refractivity contribution in [3.05, 3.63) is 29.8 Å². The Morgan fingerprint density at radius 3 is 2.07 bits per heavy atom. The van der Waals surface area contributed by atoms with E-state index in [1.54, 1.807) is 7.11 Å². The van der Waals surface area contributed by atoms with Gasteiger partial charge in [0, 0.05) is 26.2 Å². The molecular weight excluding hydrogens is 346 g/mol. The van der Waals surface area contributed by atoms with Crippen LogP contribution in [0.25, 0.3) is 0 Å². The van der Waals surface area contributed by atoms with Crippen molar-refractivity contribution in [2.75, 3.05) is 20.3 Å². The van der Waals surface area contributed by atoms with Gasteiger partial charge in [0.1, 0.15) is 5.75 Å². The fraction of sp³-hybridized carbons (Fsp3) is 0.760. The van der Waals surface area contributed by atoms with Gasteiger partial charge in [-0.1, -0.05) is 19.1 Å². The maximum absolute atomic E-state index is 6.29. The van der Waals surface area contributed by atoms with Crippen LogP contribution in [0.3, 0.4) is 0 Å². The largest absolute Gasteiger partial charge is 0.494 e. The minimum atomic E-state index is 0.434. The number of methoxy groups -OCH3 is 1. The first-order chi connectivity index (χ1) is 13.7. The van der Waals surface area contributed by atoms with E-state index in [1.807, 2.05) is 0 Å². The van der Waals surface area contributed by atoms with Gasteiger partial charge in [-0.05, 0) is 99.2 Å². The van der Waals surface area contributed by atoms with Crippen LogP contribution in [0.5, 0.6) is 5.75 Å². The Morgan fingerprint density at radius 2 is 1.50 bits per heavy atom. The van der Waals surface area contributed by atoms with Crippen molar-refractivity contribution in [1.82, 2.24) is 0 Å². The second-order valence-electron chi connectivity index (χ2n) is 9.12. The van der Waals surface area contributed by atoms with Crippen molar-refractivity contribution in [2.45, 2.75) is 83.1 Å². The lowest BCUT2D eigenvalue weighted by Crippen LogP contribution is -2.34. The zero-order valence-corrected chi connectivity index (χ0v) is 18.1. The number of ether oxygens (including phenoxy) is 2. The highest BCUT2D eigenvalue weighted by Crippen LogP contribution is 2.44. The zero-order valence-electron chi connectivity index (χ0n) is 18.1. The van der Waals surface area contributed by atoms with E-state index in [0.29, 0.717) is 6.04 Å². The molecule has 0 bridgehead atoms. The predicted octanol–water partition coefficient (Wildman–Crippen LogP) is 5.92. The molecule has 1 atom stereocenters. The lowest BCUT2D eigenvalue weighted by atomic mass is 9.67. The molecule has 0 spiro atoms. The average molecular weight is 388 g/mol. The van der Waals surface area contributed by atoms with Crippen LogP contribution >= 0.6 is 0 Å². The smallest absolute Gasteiger partial charge is 0.119 e. The number of benzene rings is 1. The van der Waals surface area contributed by atoms with Crippen LogP contribution in [-0.2, 0) is 4.74 Å².